The van der Waals surface area contributed by atoms with Crippen LogP contribution in [0.3, 0.4) is 0 Å². The van der Waals surface area contributed by atoms with Gasteiger partial charge < -0.3 is 15.7 Å². The molecule has 0 saturated heterocycles. The minimum Gasteiger partial charge on any atom is -0.476 e. The minimum atomic E-state index is -1.09. The average Bonchev–Trinajstić information content (AvgIpc) is 2.88. The Kier molecular flexibility index (Phi) is 4.54. The molecular weight excluding hydrogens is 302 g/mol. The number of amides is 2. The van der Waals surface area contributed by atoms with Crippen LogP contribution in [0.1, 0.15) is 15.5 Å². The summed E-state index contributed by atoms with van der Waals surface area (Å²) in [7, 11) is 0. The van der Waals surface area contributed by atoms with E-state index in [1.807, 2.05) is 0 Å². The van der Waals surface area contributed by atoms with Crippen LogP contribution >= 0.6 is 22.9 Å². The molecule has 2 amide bonds. The molecule has 0 unspecified atom stereocenters. The van der Waals surface area contributed by atoms with Gasteiger partial charge in [0.15, 0.2) is 5.69 Å². The topological polar surface area (TPSA) is 91.3 Å². The molecule has 1 aromatic heterocycles. The summed E-state index contributed by atoms with van der Waals surface area (Å²) in [6.07, 6.45) is 0. The molecule has 0 aliphatic carbocycles. The van der Waals surface area contributed by atoms with E-state index in [0.29, 0.717) is 15.7 Å². The Balaban J connectivity index is 1.89. The molecule has 1 heterocycles. The number of benzene rings is 1. The SMILES string of the molecule is O=C(NCc1nc(C(=O)O)cs1)Nc1ccccc1Cl. The second-order valence-electron chi connectivity index (χ2n) is 3.72. The number of hydrogen-bond acceptors (Lipinski definition) is 4. The van der Waals surface area contributed by atoms with Crippen molar-refractivity contribution in [2.45, 2.75) is 6.54 Å². The predicted octanol–water partition coefficient (Wildman–Crippen LogP) is 2.82. The van der Waals surface area contributed by atoms with Crippen molar-refractivity contribution in [3.63, 3.8) is 0 Å². The molecule has 2 aromatic rings. The highest BCUT2D eigenvalue weighted by Gasteiger charge is 2.10. The van der Waals surface area contributed by atoms with Gasteiger partial charge in [0.25, 0.3) is 0 Å². The molecule has 0 aliphatic heterocycles. The van der Waals surface area contributed by atoms with E-state index in [-0.39, 0.29) is 12.2 Å². The number of nitrogens with zero attached hydrogens (tertiary/aromatic N) is 1. The second-order valence-corrected chi connectivity index (χ2v) is 5.07. The van der Waals surface area contributed by atoms with Crippen molar-refractivity contribution in [2.75, 3.05) is 5.32 Å². The van der Waals surface area contributed by atoms with Gasteiger partial charge in [0.1, 0.15) is 5.01 Å². The maximum atomic E-state index is 11.7. The maximum absolute atomic E-state index is 11.7. The number of urea groups is 1. The number of hydrogen-bond donors (Lipinski definition) is 3. The Morgan fingerprint density at radius 3 is 2.75 bits per heavy atom. The quantitative estimate of drug-likeness (QED) is 0.809. The normalized spacial score (nSPS) is 10.1. The Bertz CT molecular complexity index is 644. The fourth-order valence-electron chi connectivity index (χ4n) is 1.38. The van der Waals surface area contributed by atoms with Gasteiger partial charge in [-0.05, 0) is 12.1 Å². The lowest BCUT2D eigenvalue weighted by atomic mass is 10.3. The summed E-state index contributed by atoms with van der Waals surface area (Å²) in [5.41, 5.74) is 0.468. The van der Waals surface area contributed by atoms with Crippen molar-refractivity contribution in [1.82, 2.24) is 10.3 Å². The lowest BCUT2D eigenvalue weighted by Crippen LogP contribution is -2.28. The number of para-hydroxylation sites is 1. The van der Waals surface area contributed by atoms with Crippen LogP contribution in [0.5, 0.6) is 0 Å². The van der Waals surface area contributed by atoms with Crippen LogP contribution in [0.25, 0.3) is 0 Å². The van der Waals surface area contributed by atoms with Crippen LogP contribution in [0.15, 0.2) is 29.6 Å². The third-order valence-electron chi connectivity index (χ3n) is 2.29. The van der Waals surface area contributed by atoms with E-state index >= 15 is 0 Å². The Morgan fingerprint density at radius 2 is 2.10 bits per heavy atom. The molecule has 0 radical (unpaired) electrons. The van der Waals surface area contributed by atoms with E-state index < -0.39 is 12.0 Å². The first-order valence-electron chi connectivity index (χ1n) is 5.53. The highest BCUT2D eigenvalue weighted by Crippen LogP contribution is 2.20. The summed E-state index contributed by atoms with van der Waals surface area (Å²) in [5, 5.41) is 16.3. The van der Waals surface area contributed by atoms with Crippen LogP contribution < -0.4 is 10.6 Å². The van der Waals surface area contributed by atoms with Gasteiger partial charge in [-0.3, -0.25) is 0 Å². The zero-order valence-electron chi connectivity index (χ0n) is 10.1. The molecule has 0 atom stereocenters. The van der Waals surface area contributed by atoms with Crippen LogP contribution in [0.4, 0.5) is 10.5 Å². The second kappa shape index (κ2) is 6.36. The number of rotatable bonds is 4. The van der Waals surface area contributed by atoms with E-state index in [0.717, 1.165) is 0 Å². The number of thiazole rings is 1. The van der Waals surface area contributed by atoms with Gasteiger partial charge in [-0.15, -0.1) is 11.3 Å². The van der Waals surface area contributed by atoms with Gasteiger partial charge in [-0.2, -0.15) is 0 Å². The van der Waals surface area contributed by atoms with Gasteiger partial charge in [0, 0.05) is 5.38 Å². The Morgan fingerprint density at radius 1 is 1.35 bits per heavy atom. The zero-order valence-corrected chi connectivity index (χ0v) is 11.7. The number of carboxylic acids is 1. The number of carboxylic acid groups (broad SMARTS) is 1. The molecule has 1 aromatic carbocycles. The molecule has 0 spiro atoms. The highest BCUT2D eigenvalue weighted by atomic mass is 35.5. The van der Waals surface area contributed by atoms with Gasteiger partial charge in [0.2, 0.25) is 0 Å². The third-order valence-corrected chi connectivity index (χ3v) is 3.47. The molecule has 8 heteroatoms. The smallest absolute Gasteiger partial charge is 0.355 e. The predicted molar refractivity (Wildman–Crippen MR) is 76.4 cm³/mol. The molecule has 0 fully saturated rings. The van der Waals surface area contributed by atoms with Crippen molar-refractivity contribution in [2.24, 2.45) is 0 Å². The van der Waals surface area contributed by atoms with E-state index in [4.69, 9.17) is 16.7 Å². The van der Waals surface area contributed by atoms with Gasteiger partial charge in [-0.1, -0.05) is 23.7 Å². The third kappa shape index (κ3) is 3.69. The van der Waals surface area contributed by atoms with E-state index in [1.54, 1.807) is 24.3 Å². The number of aromatic nitrogens is 1. The van der Waals surface area contributed by atoms with Crippen molar-refractivity contribution >= 4 is 40.6 Å². The van der Waals surface area contributed by atoms with Crippen LogP contribution in [-0.2, 0) is 6.54 Å². The van der Waals surface area contributed by atoms with Crippen molar-refractivity contribution in [1.29, 1.82) is 0 Å². The number of carbonyl (C=O) groups excluding carboxylic acids is 1. The summed E-state index contributed by atoms with van der Waals surface area (Å²) in [4.78, 5) is 26.2. The molecule has 0 aliphatic rings. The lowest BCUT2D eigenvalue weighted by molar-refractivity contribution is 0.0691. The van der Waals surface area contributed by atoms with Crippen LogP contribution in [-0.4, -0.2) is 22.1 Å². The summed E-state index contributed by atoms with van der Waals surface area (Å²) in [6.45, 7) is 0.147. The molecule has 104 valence electrons. The minimum absolute atomic E-state index is 0.0293. The fraction of sp³-hybridized carbons (Fsp3) is 0.0833. The van der Waals surface area contributed by atoms with Crippen molar-refractivity contribution < 1.29 is 14.7 Å². The van der Waals surface area contributed by atoms with E-state index in [2.05, 4.69) is 15.6 Å². The largest absolute Gasteiger partial charge is 0.476 e. The van der Waals surface area contributed by atoms with Gasteiger partial charge in [-0.25, -0.2) is 14.6 Å². The maximum Gasteiger partial charge on any atom is 0.355 e. The average molecular weight is 312 g/mol. The monoisotopic (exact) mass is 311 g/mol. The fourth-order valence-corrected chi connectivity index (χ4v) is 2.27. The molecule has 2 rings (SSSR count). The molecule has 20 heavy (non-hydrogen) atoms. The summed E-state index contributed by atoms with van der Waals surface area (Å²) in [5.74, 6) is -1.09. The van der Waals surface area contributed by atoms with E-state index in [9.17, 15) is 9.59 Å². The number of aromatic carboxylic acids is 1. The van der Waals surface area contributed by atoms with Crippen molar-refractivity contribution in [3.8, 4) is 0 Å². The molecule has 3 N–H and O–H groups in total. The first kappa shape index (κ1) is 14.3. The van der Waals surface area contributed by atoms with Crippen molar-refractivity contribution in [3.05, 3.63) is 45.4 Å². The highest BCUT2D eigenvalue weighted by molar-refractivity contribution is 7.09. The van der Waals surface area contributed by atoms with Crippen LogP contribution in [0, 0.1) is 0 Å². The van der Waals surface area contributed by atoms with Gasteiger partial charge in [0.05, 0.1) is 17.3 Å². The van der Waals surface area contributed by atoms with Crippen LogP contribution in [0.2, 0.25) is 5.02 Å². The molecule has 6 nitrogen and oxygen atoms in total. The summed E-state index contributed by atoms with van der Waals surface area (Å²) in [6, 6.07) is 6.41. The lowest BCUT2D eigenvalue weighted by Gasteiger charge is -2.07. The summed E-state index contributed by atoms with van der Waals surface area (Å²) >= 11 is 7.07. The van der Waals surface area contributed by atoms with E-state index in [1.165, 1.54) is 16.7 Å². The van der Waals surface area contributed by atoms with Gasteiger partial charge >= 0.3 is 12.0 Å². The number of halogens is 1. The zero-order chi connectivity index (χ0) is 14.5. The Labute approximate surface area is 123 Å². The summed E-state index contributed by atoms with van der Waals surface area (Å²) < 4.78 is 0. The first-order chi connectivity index (χ1) is 9.56. The molecule has 0 bridgehead atoms. The first-order valence-corrected chi connectivity index (χ1v) is 6.79. The molecular formula is C12H10ClN3O3S. The standard InChI is InChI=1S/C12H10ClN3O3S/c13-7-3-1-2-4-8(7)16-12(19)14-5-10-15-9(6-20-10)11(17)18/h1-4,6H,5H2,(H,17,18)(H2,14,16,19). The number of nitrogens with one attached hydrogen (secondary N) is 2. The Hall–Kier alpha value is -2.12. The number of carbonyl (C=O) groups is 2. The number of anilines is 1. The molecule has 0 saturated carbocycles.